The second-order valence-corrected chi connectivity index (χ2v) is 9.22. The highest BCUT2D eigenvalue weighted by molar-refractivity contribution is 5.84. The number of carboxylic acids is 1. The van der Waals surface area contributed by atoms with Gasteiger partial charge < -0.3 is 19.9 Å². The Labute approximate surface area is 220 Å². The number of aliphatic carboxylic acids is 1. The molecule has 3 aromatic carbocycles. The summed E-state index contributed by atoms with van der Waals surface area (Å²) in [5, 5.41) is 12.1. The molecule has 198 valence electrons. The van der Waals surface area contributed by atoms with E-state index in [1.165, 1.54) is 18.2 Å². The number of benzene rings is 3. The van der Waals surface area contributed by atoms with E-state index in [1.807, 2.05) is 55.5 Å². The molecule has 2 N–H and O–H groups in total. The number of alkyl carbamates (subject to hydrolysis) is 1. The summed E-state index contributed by atoms with van der Waals surface area (Å²) < 4.78 is 24.8. The van der Waals surface area contributed by atoms with E-state index < -0.39 is 36.0 Å². The zero-order chi connectivity index (χ0) is 27.1. The van der Waals surface area contributed by atoms with Gasteiger partial charge in [-0.05, 0) is 40.3 Å². The van der Waals surface area contributed by atoms with Crippen LogP contribution in [0.1, 0.15) is 48.8 Å². The number of esters is 1. The molecule has 0 heterocycles. The van der Waals surface area contributed by atoms with Crippen molar-refractivity contribution in [1.29, 1.82) is 0 Å². The number of rotatable bonds is 11. The van der Waals surface area contributed by atoms with Gasteiger partial charge >= 0.3 is 18.0 Å². The maximum atomic E-state index is 14.0. The molecule has 38 heavy (non-hydrogen) atoms. The third-order valence-corrected chi connectivity index (χ3v) is 6.66. The van der Waals surface area contributed by atoms with Crippen LogP contribution in [0.2, 0.25) is 0 Å². The highest BCUT2D eigenvalue weighted by Gasteiger charge is 2.32. The summed E-state index contributed by atoms with van der Waals surface area (Å²) in [6.07, 6.45) is -1.16. The van der Waals surface area contributed by atoms with Crippen molar-refractivity contribution in [1.82, 2.24) is 5.32 Å². The molecule has 0 aliphatic heterocycles. The van der Waals surface area contributed by atoms with Crippen molar-refractivity contribution in [3.05, 3.63) is 95.3 Å². The topological polar surface area (TPSA) is 102 Å². The number of unbranched alkanes of at least 4 members (excludes halogenated alkanes) is 1. The van der Waals surface area contributed by atoms with Gasteiger partial charge in [-0.2, -0.15) is 0 Å². The predicted molar refractivity (Wildman–Crippen MR) is 139 cm³/mol. The molecule has 0 saturated heterocycles. The summed E-state index contributed by atoms with van der Waals surface area (Å²) in [5.41, 5.74) is 4.41. The number of carbonyl (C=O) groups is 3. The molecule has 1 aliphatic carbocycles. The van der Waals surface area contributed by atoms with Gasteiger partial charge in [0.2, 0.25) is 6.10 Å². The summed E-state index contributed by atoms with van der Waals surface area (Å²) in [6, 6.07) is 20.5. The first-order chi connectivity index (χ1) is 18.4. The summed E-state index contributed by atoms with van der Waals surface area (Å²) in [5.74, 6) is -3.05. The van der Waals surface area contributed by atoms with Gasteiger partial charge in [-0.25, -0.2) is 18.8 Å². The lowest BCUT2D eigenvalue weighted by molar-refractivity contribution is -0.165. The molecular formula is C30H30FNO6. The average molecular weight is 520 g/mol. The number of hydrogen-bond acceptors (Lipinski definition) is 5. The number of nitrogens with one attached hydrogen (secondary N) is 1. The van der Waals surface area contributed by atoms with Crippen molar-refractivity contribution in [3.8, 4) is 11.1 Å². The van der Waals surface area contributed by atoms with E-state index in [1.54, 1.807) is 6.07 Å². The van der Waals surface area contributed by atoms with Crippen molar-refractivity contribution in [2.75, 3.05) is 6.61 Å². The number of amides is 1. The van der Waals surface area contributed by atoms with Crippen LogP contribution >= 0.6 is 0 Å². The molecule has 1 aliphatic rings. The first kappa shape index (κ1) is 26.9. The number of ether oxygens (including phenoxy) is 2. The Hall–Kier alpha value is -4.20. The van der Waals surface area contributed by atoms with Crippen LogP contribution in [0.3, 0.4) is 0 Å². The van der Waals surface area contributed by atoms with Gasteiger partial charge in [0.15, 0.2) is 0 Å². The van der Waals surface area contributed by atoms with E-state index in [0.717, 1.165) is 28.7 Å². The molecular weight excluding hydrogens is 489 g/mol. The Balaban J connectivity index is 1.41. The van der Waals surface area contributed by atoms with Crippen molar-refractivity contribution < 1.29 is 33.4 Å². The predicted octanol–water partition coefficient (Wildman–Crippen LogP) is 5.46. The van der Waals surface area contributed by atoms with Crippen molar-refractivity contribution in [2.45, 2.75) is 50.7 Å². The molecule has 7 nitrogen and oxygen atoms in total. The van der Waals surface area contributed by atoms with Crippen LogP contribution in [0.25, 0.3) is 11.1 Å². The fourth-order valence-corrected chi connectivity index (χ4v) is 4.70. The molecule has 0 bridgehead atoms. The third kappa shape index (κ3) is 6.19. The lowest BCUT2D eigenvalue weighted by Crippen LogP contribution is -2.44. The van der Waals surface area contributed by atoms with Crippen LogP contribution in [0.4, 0.5) is 9.18 Å². The molecule has 0 fully saturated rings. The van der Waals surface area contributed by atoms with Gasteiger partial charge in [-0.15, -0.1) is 0 Å². The molecule has 3 aromatic rings. The largest absolute Gasteiger partial charge is 0.478 e. The van der Waals surface area contributed by atoms with Crippen LogP contribution in [-0.4, -0.2) is 41.9 Å². The molecule has 4 rings (SSSR count). The minimum atomic E-state index is -1.60. The molecule has 2 atom stereocenters. The molecule has 0 unspecified atom stereocenters. The van der Waals surface area contributed by atoms with Gasteiger partial charge in [0, 0.05) is 12.3 Å². The minimum Gasteiger partial charge on any atom is -0.478 e. The summed E-state index contributed by atoms with van der Waals surface area (Å²) in [4.78, 5) is 37.4. The lowest BCUT2D eigenvalue weighted by atomic mass is 9.98. The Morgan fingerprint density at radius 1 is 0.947 bits per heavy atom. The van der Waals surface area contributed by atoms with E-state index in [-0.39, 0.29) is 30.9 Å². The Bertz CT molecular complexity index is 1260. The van der Waals surface area contributed by atoms with E-state index in [0.29, 0.717) is 6.42 Å². The van der Waals surface area contributed by atoms with E-state index in [4.69, 9.17) is 9.47 Å². The Morgan fingerprint density at radius 3 is 2.16 bits per heavy atom. The van der Waals surface area contributed by atoms with Crippen LogP contribution in [0.15, 0.2) is 72.8 Å². The summed E-state index contributed by atoms with van der Waals surface area (Å²) in [6.45, 7) is 1.99. The molecule has 0 spiro atoms. The van der Waals surface area contributed by atoms with Crippen LogP contribution in [0, 0.1) is 5.82 Å². The van der Waals surface area contributed by atoms with E-state index in [2.05, 4.69) is 5.32 Å². The first-order valence-corrected chi connectivity index (χ1v) is 12.7. The van der Waals surface area contributed by atoms with Crippen molar-refractivity contribution in [2.24, 2.45) is 0 Å². The maximum absolute atomic E-state index is 14.0. The molecule has 8 heteroatoms. The second-order valence-electron chi connectivity index (χ2n) is 9.22. The zero-order valence-corrected chi connectivity index (χ0v) is 21.1. The van der Waals surface area contributed by atoms with Gasteiger partial charge in [0.05, 0.1) is 0 Å². The monoisotopic (exact) mass is 519 g/mol. The first-order valence-electron chi connectivity index (χ1n) is 12.7. The van der Waals surface area contributed by atoms with Gasteiger partial charge in [-0.1, -0.05) is 86.5 Å². The number of carboxylic acid groups (broad SMARTS) is 1. The van der Waals surface area contributed by atoms with E-state index in [9.17, 15) is 23.9 Å². The van der Waals surface area contributed by atoms with Crippen LogP contribution in [0.5, 0.6) is 0 Å². The number of fused-ring (bicyclic) bond motifs is 3. The van der Waals surface area contributed by atoms with Gasteiger partial charge in [-0.3, -0.25) is 0 Å². The van der Waals surface area contributed by atoms with Gasteiger partial charge in [0.1, 0.15) is 18.5 Å². The molecule has 0 radical (unpaired) electrons. The molecule has 0 aromatic heterocycles. The van der Waals surface area contributed by atoms with E-state index >= 15 is 0 Å². The highest BCUT2D eigenvalue weighted by atomic mass is 19.1. The number of hydrogen-bond donors (Lipinski definition) is 2. The fraction of sp³-hybridized carbons (Fsp3) is 0.300. The minimum absolute atomic E-state index is 0.0699. The third-order valence-electron chi connectivity index (χ3n) is 6.66. The normalized spacial score (nSPS) is 13.6. The quantitative estimate of drug-likeness (QED) is 0.326. The smallest absolute Gasteiger partial charge is 0.407 e. The van der Waals surface area contributed by atoms with Gasteiger partial charge in [0.25, 0.3) is 0 Å². The molecule has 0 saturated carbocycles. The number of carbonyl (C=O) groups excluding carboxylic acids is 2. The summed E-state index contributed by atoms with van der Waals surface area (Å²) >= 11 is 0. The van der Waals surface area contributed by atoms with Crippen molar-refractivity contribution in [3.63, 3.8) is 0 Å². The van der Waals surface area contributed by atoms with Crippen LogP contribution < -0.4 is 5.32 Å². The standard InChI is InChI=1S/C30H30FNO6/c1-2-3-16-26(29(35)38-27(28(33)34)17-19-10-4-9-15-25(19)31)32-30(36)37-18-24-22-13-7-5-11-20(22)21-12-6-8-14-23(21)24/h4-15,24,26-27H,2-3,16-18H2,1H3,(H,32,36)(H,33,34)/t26-,27-/m0/s1. The highest BCUT2D eigenvalue weighted by Crippen LogP contribution is 2.44. The van der Waals surface area contributed by atoms with Crippen molar-refractivity contribution >= 4 is 18.0 Å². The second kappa shape index (κ2) is 12.4. The Morgan fingerprint density at radius 2 is 1.55 bits per heavy atom. The fourth-order valence-electron chi connectivity index (χ4n) is 4.70. The van der Waals surface area contributed by atoms with Crippen LogP contribution in [-0.2, 0) is 25.5 Å². The SMILES string of the molecule is CCCC[C@H](NC(=O)OCC1c2ccccc2-c2ccccc21)C(=O)O[C@@H](Cc1ccccc1F)C(=O)O. The number of halogens is 1. The zero-order valence-electron chi connectivity index (χ0n) is 21.1. The maximum Gasteiger partial charge on any atom is 0.407 e. The Kier molecular flexibility index (Phi) is 8.73. The molecule has 1 amide bonds. The average Bonchev–Trinajstić information content (AvgIpc) is 3.24. The lowest BCUT2D eigenvalue weighted by Gasteiger charge is -2.21. The summed E-state index contributed by atoms with van der Waals surface area (Å²) in [7, 11) is 0.